The number of ketones is 1. The van der Waals surface area contributed by atoms with Crippen molar-refractivity contribution in [2.24, 2.45) is 5.92 Å². The fourth-order valence-corrected chi connectivity index (χ4v) is 4.99. The zero-order chi connectivity index (χ0) is 23.2. The number of methoxy groups -OCH3 is 1. The number of pyridine rings is 1. The molecule has 1 saturated carbocycles. The Morgan fingerprint density at radius 1 is 1.38 bits per heavy atom. The molecule has 1 aromatic carbocycles. The summed E-state index contributed by atoms with van der Waals surface area (Å²) in [5, 5.41) is 10.5. The fraction of sp³-hybridized carbons (Fsp3) is 0.435. The summed E-state index contributed by atoms with van der Waals surface area (Å²) in [5.74, 6) is -2.17. The van der Waals surface area contributed by atoms with Crippen molar-refractivity contribution in [1.29, 1.82) is 0 Å². The Balaban J connectivity index is 1.65. The van der Waals surface area contributed by atoms with Gasteiger partial charge < -0.3 is 19.3 Å². The van der Waals surface area contributed by atoms with Gasteiger partial charge in [-0.3, -0.25) is 14.4 Å². The minimum atomic E-state index is -0.891. The van der Waals surface area contributed by atoms with E-state index in [1.165, 1.54) is 22.9 Å². The smallest absolute Gasteiger partial charge is 0.275 e. The fourth-order valence-electron chi connectivity index (χ4n) is 4.80. The quantitative estimate of drug-likeness (QED) is 0.639. The Morgan fingerprint density at radius 2 is 2.12 bits per heavy atom. The monoisotopic (exact) mass is 462 g/mol. The van der Waals surface area contributed by atoms with Gasteiger partial charge in [0.05, 0.1) is 22.7 Å². The summed E-state index contributed by atoms with van der Waals surface area (Å²) in [5.41, 5.74) is -1.41. The lowest BCUT2D eigenvalue weighted by molar-refractivity contribution is 0.0491. The van der Waals surface area contributed by atoms with Crippen LogP contribution in [0.1, 0.15) is 46.2 Å². The second-order valence-electron chi connectivity index (χ2n) is 8.34. The van der Waals surface area contributed by atoms with Crippen LogP contribution in [0.3, 0.4) is 0 Å². The van der Waals surface area contributed by atoms with E-state index in [1.54, 1.807) is 18.1 Å². The third-order valence-electron chi connectivity index (χ3n) is 6.52. The minimum absolute atomic E-state index is 0.0409. The molecule has 1 spiro atoms. The maximum absolute atomic E-state index is 14.1. The van der Waals surface area contributed by atoms with E-state index in [1.807, 2.05) is 6.92 Å². The van der Waals surface area contributed by atoms with Crippen LogP contribution in [0, 0.1) is 11.7 Å². The number of rotatable bonds is 7. The second-order valence-corrected chi connectivity index (χ2v) is 8.75. The van der Waals surface area contributed by atoms with Crippen molar-refractivity contribution in [2.75, 3.05) is 20.3 Å². The first-order valence-corrected chi connectivity index (χ1v) is 10.9. The van der Waals surface area contributed by atoms with Crippen molar-refractivity contribution < 1.29 is 23.8 Å². The molecule has 2 heterocycles. The standard InChI is InChI=1S/C23H24ClFN2O5/c1-3-27-22(31)19-21(30)20(29)15(10-26(19)12-23(27)9-14(23)11-32-2)17(28)8-7-13-5-4-6-16(24)18(13)25/h4-6,10,14,30H,3,7-9,11-12H2,1-2H3/t14-,23-/m1/s1. The van der Waals surface area contributed by atoms with E-state index in [0.29, 0.717) is 19.7 Å². The highest BCUT2D eigenvalue weighted by Crippen LogP contribution is 2.52. The predicted molar refractivity (Wildman–Crippen MR) is 116 cm³/mol. The maximum atomic E-state index is 14.1. The Kier molecular flexibility index (Phi) is 5.85. The molecule has 2 aromatic rings. The highest BCUT2D eigenvalue weighted by atomic mass is 35.5. The highest BCUT2D eigenvalue weighted by molar-refractivity contribution is 6.30. The van der Waals surface area contributed by atoms with Crippen LogP contribution in [0.4, 0.5) is 4.39 Å². The normalized spacial score (nSPS) is 21.7. The molecule has 0 bridgehead atoms. The topological polar surface area (TPSA) is 88.8 Å². The number of benzene rings is 1. The van der Waals surface area contributed by atoms with Gasteiger partial charge in [0.1, 0.15) is 5.82 Å². The van der Waals surface area contributed by atoms with E-state index in [4.69, 9.17) is 16.3 Å². The van der Waals surface area contributed by atoms with Gasteiger partial charge in [0.15, 0.2) is 17.2 Å². The summed E-state index contributed by atoms with van der Waals surface area (Å²) < 4.78 is 20.9. The average Bonchev–Trinajstić information content (AvgIpc) is 3.43. The first-order chi connectivity index (χ1) is 15.2. The van der Waals surface area contributed by atoms with Crippen molar-refractivity contribution in [3.05, 3.63) is 62.3 Å². The first kappa shape index (κ1) is 22.5. The van der Waals surface area contributed by atoms with Crippen LogP contribution < -0.4 is 5.43 Å². The van der Waals surface area contributed by atoms with Crippen molar-refractivity contribution in [2.45, 2.75) is 38.3 Å². The molecule has 1 aromatic heterocycles. The molecule has 1 amide bonds. The number of aromatic hydroxyl groups is 1. The van der Waals surface area contributed by atoms with Crippen LogP contribution in [0.25, 0.3) is 0 Å². The molecule has 2 aliphatic rings. The van der Waals surface area contributed by atoms with Crippen molar-refractivity contribution in [1.82, 2.24) is 9.47 Å². The SMILES string of the molecule is CCN1C(=O)c2c(O)c(=O)c(C(=O)CCc3cccc(Cl)c3F)cn2C[C@@]12C[C@@H]2COC. The largest absolute Gasteiger partial charge is 0.503 e. The maximum Gasteiger partial charge on any atom is 0.275 e. The zero-order valence-electron chi connectivity index (χ0n) is 17.9. The number of carbonyl (C=O) groups excluding carboxylic acids is 2. The molecule has 9 heteroatoms. The molecule has 2 atom stereocenters. The van der Waals surface area contributed by atoms with Crippen molar-refractivity contribution in [3.63, 3.8) is 0 Å². The van der Waals surface area contributed by atoms with Crippen LogP contribution in [0.2, 0.25) is 5.02 Å². The number of hydrogen-bond acceptors (Lipinski definition) is 5. The Morgan fingerprint density at radius 3 is 2.81 bits per heavy atom. The number of amides is 1. The van der Waals surface area contributed by atoms with Gasteiger partial charge in [-0.1, -0.05) is 23.7 Å². The number of carbonyl (C=O) groups is 2. The molecule has 32 heavy (non-hydrogen) atoms. The number of nitrogens with zero attached hydrogens (tertiary/aromatic N) is 2. The lowest BCUT2D eigenvalue weighted by Gasteiger charge is -2.39. The Labute approximate surface area is 189 Å². The minimum Gasteiger partial charge on any atom is -0.503 e. The first-order valence-electron chi connectivity index (χ1n) is 10.5. The third kappa shape index (κ3) is 3.51. The van der Waals surface area contributed by atoms with E-state index in [2.05, 4.69) is 0 Å². The molecule has 7 nitrogen and oxygen atoms in total. The summed E-state index contributed by atoms with van der Waals surface area (Å²) in [6.45, 7) is 3.12. The number of likely N-dealkylation sites (N-methyl/N-ethyl adjacent to an activating group) is 1. The van der Waals surface area contributed by atoms with E-state index >= 15 is 0 Å². The van der Waals surface area contributed by atoms with E-state index in [-0.39, 0.29) is 40.6 Å². The van der Waals surface area contributed by atoms with Gasteiger partial charge >= 0.3 is 0 Å². The van der Waals surface area contributed by atoms with E-state index < -0.39 is 34.2 Å². The van der Waals surface area contributed by atoms with Gasteiger partial charge in [-0.15, -0.1) is 0 Å². The summed E-state index contributed by atoms with van der Waals surface area (Å²) >= 11 is 5.78. The van der Waals surface area contributed by atoms with Crippen LogP contribution in [-0.4, -0.2) is 52.1 Å². The molecule has 170 valence electrons. The summed E-state index contributed by atoms with van der Waals surface area (Å²) in [6, 6.07) is 4.52. The number of aryl methyl sites for hydroxylation is 1. The molecule has 0 radical (unpaired) electrons. The van der Waals surface area contributed by atoms with Gasteiger partial charge in [0.2, 0.25) is 5.43 Å². The van der Waals surface area contributed by atoms with E-state index in [9.17, 15) is 23.9 Å². The number of ether oxygens (including phenoxy) is 1. The lowest BCUT2D eigenvalue weighted by Crippen LogP contribution is -2.52. The number of Topliss-reactive ketones (excluding diaryl/α,β-unsaturated/α-hetero) is 1. The van der Waals surface area contributed by atoms with Crippen LogP contribution >= 0.6 is 11.6 Å². The molecular formula is C23H24ClFN2O5. The number of fused-ring (bicyclic) bond motifs is 1. The van der Waals surface area contributed by atoms with Crippen molar-refractivity contribution >= 4 is 23.3 Å². The Bertz CT molecular complexity index is 1160. The second kappa shape index (κ2) is 8.33. The van der Waals surface area contributed by atoms with Gasteiger partial charge in [0, 0.05) is 38.7 Å². The molecule has 1 aliphatic heterocycles. The third-order valence-corrected chi connectivity index (χ3v) is 6.81. The summed E-state index contributed by atoms with van der Waals surface area (Å²) in [6.07, 6.45) is 2.00. The van der Waals surface area contributed by atoms with E-state index in [0.717, 1.165) is 6.42 Å². The summed E-state index contributed by atoms with van der Waals surface area (Å²) in [4.78, 5) is 40.3. The summed E-state index contributed by atoms with van der Waals surface area (Å²) in [7, 11) is 1.60. The zero-order valence-corrected chi connectivity index (χ0v) is 18.6. The van der Waals surface area contributed by atoms with Gasteiger partial charge in [-0.05, 0) is 31.4 Å². The highest BCUT2D eigenvalue weighted by Gasteiger charge is 2.61. The number of aromatic nitrogens is 1. The number of halogens is 2. The average molecular weight is 463 g/mol. The predicted octanol–water partition coefficient (Wildman–Crippen LogP) is 3.04. The molecule has 0 saturated heterocycles. The molecule has 1 aliphatic carbocycles. The van der Waals surface area contributed by atoms with Crippen molar-refractivity contribution in [3.8, 4) is 5.75 Å². The number of hydrogen-bond donors (Lipinski definition) is 1. The van der Waals surface area contributed by atoms with Gasteiger partial charge in [0.25, 0.3) is 5.91 Å². The van der Waals surface area contributed by atoms with Gasteiger partial charge in [-0.2, -0.15) is 0 Å². The lowest BCUT2D eigenvalue weighted by atomic mass is 10.0. The van der Waals surface area contributed by atoms with Gasteiger partial charge in [-0.25, -0.2) is 4.39 Å². The molecule has 1 N–H and O–H groups in total. The van der Waals surface area contributed by atoms with Crippen LogP contribution in [-0.2, 0) is 17.7 Å². The molecular weight excluding hydrogens is 439 g/mol. The van der Waals surface area contributed by atoms with Crippen LogP contribution in [0.15, 0.2) is 29.2 Å². The molecule has 4 rings (SSSR count). The molecule has 0 unspecified atom stereocenters. The molecule has 1 fully saturated rings. The van der Waals surface area contributed by atoms with Crippen LogP contribution in [0.5, 0.6) is 5.75 Å². The Hall–Kier alpha value is -2.71.